The normalized spacial score (nSPS) is 15.7. The first-order chi connectivity index (χ1) is 13.9. The number of hydrogen-bond acceptors (Lipinski definition) is 4. The highest BCUT2D eigenvalue weighted by Gasteiger charge is 2.20. The highest BCUT2D eigenvalue weighted by molar-refractivity contribution is 7.89. The summed E-state index contributed by atoms with van der Waals surface area (Å²) >= 11 is 0. The summed E-state index contributed by atoms with van der Waals surface area (Å²) in [6.07, 6.45) is 5.29. The van der Waals surface area contributed by atoms with E-state index < -0.39 is 10.0 Å². The molecular weight excluding hydrogens is 386 g/mol. The lowest BCUT2D eigenvalue weighted by molar-refractivity contribution is -0.132. The molecule has 0 unspecified atom stereocenters. The number of carbonyl (C=O) groups excluding carboxylic acids is 1. The Morgan fingerprint density at radius 2 is 1.62 bits per heavy atom. The molecule has 0 radical (unpaired) electrons. The van der Waals surface area contributed by atoms with Crippen molar-refractivity contribution >= 4 is 22.0 Å². The second-order valence-corrected chi connectivity index (χ2v) is 8.74. The lowest BCUT2D eigenvalue weighted by Gasteiger charge is -2.34. The number of piperazine rings is 1. The lowest BCUT2D eigenvalue weighted by Crippen LogP contribution is -2.48. The number of hydrogen-bond donors (Lipinski definition) is 1. The van der Waals surface area contributed by atoms with Gasteiger partial charge in [-0.05, 0) is 29.7 Å². The van der Waals surface area contributed by atoms with Crippen LogP contribution in [0.4, 0.5) is 0 Å². The first-order valence-electron chi connectivity index (χ1n) is 9.75. The lowest BCUT2D eigenvalue weighted by atomic mass is 10.1. The van der Waals surface area contributed by atoms with Crippen molar-refractivity contribution < 1.29 is 13.2 Å². The third-order valence-electron chi connectivity index (χ3n) is 5.08. The van der Waals surface area contributed by atoms with Crippen LogP contribution in [-0.2, 0) is 21.2 Å². The van der Waals surface area contributed by atoms with E-state index in [9.17, 15) is 13.2 Å². The van der Waals surface area contributed by atoms with E-state index in [4.69, 9.17) is 5.14 Å². The van der Waals surface area contributed by atoms with Crippen LogP contribution in [0.5, 0.6) is 0 Å². The fourth-order valence-corrected chi connectivity index (χ4v) is 3.85. The zero-order chi connectivity index (χ0) is 20.7. The maximum absolute atomic E-state index is 12.5. The molecule has 0 bridgehead atoms. The van der Waals surface area contributed by atoms with Gasteiger partial charge in [0.05, 0.1) is 4.90 Å². The predicted octanol–water partition coefficient (Wildman–Crippen LogP) is 2.12. The van der Waals surface area contributed by atoms with Crippen molar-refractivity contribution in [1.29, 1.82) is 0 Å². The van der Waals surface area contributed by atoms with E-state index in [-0.39, 0.29) is 10.8 Å². The Bertz CT molecular complexity index is 933. The fourth-order valence-electron chi connectivity index (χ4n) is 3.34. The molecule has 0 saturated carbocycles. The van der Waals surface area contributed by atoms with Crippen molar-refractivity contribution in [2.45, 2.75) is 17.7 Å². The van der Waals surface area contributed by atoms with Crippen molar-refractivity contribution in [3.05, 3.63) is 71.8 Å². The summed E-state index contributed by atoms with van der Waals surface area (Å²) in [5.74, 6) is 0.139. The Labute approximate surface area is 172 Å². The molecule has 0 aliphatic carbocycles. The first kappa shape index (κ1) is 21.2. The molecule has 0 atom stereocenters. The monoisotopic (exact) mass is 413 g/mol. The Morgan fingerprint density at radius 3 is 2.24 bits per heavy atom. The summed E-state index contributed by atoms with van der Waals surface area (Å²) in [7, 11) is -3.68. The van der Waals surface area contributed by atoms with E-state index in [1.165, 1.54) is 17.7 Å². The summed E-state index contributed by atoms with van der Waals surface area (Å²) in [5, 5.41) is 5.10. The van der Waals surface area contributed by atoms with Gasteiger partial charge < -0.3 is 4.90 Å². The average molecular weight is 414 g/mol. The number of rotatable bonds is 7. The number of nitrogens with zero attached hydrogens (tertiary/aromatic N) is 2. The third-order valence-corrected chi connectivity index (χ3v) is 6.01. The first-order valence-corrected chi connectivity index (χ1v) is 11.3. The topological polar surface area (TPSA) is 83.7 Å². The van der Waals surface area contributed by atoms with E-state index in [2.05, 4.69) is 29.2 Å². The standard InChI is InChI=1S/C22H27N3O3S/c23-29(27,28)21-11-8-20(9-12-21)10-13-22(26)25-17-15-24(16-18-25)14-4-7-19-5-2-1-3-6-19/h1-9,11-12H,10,13-18H2,(H2,23,27,28)/b7-4+. The van der Waals surface area contributed by atoms with Gasteiger partial charge in [0.15, 0.2) is 0 Å². The van der Waals surface area contributed by atoms with Crippen LogP contribution < -0.4 is 5.14 Å². The molecule has 1 saturated heterocycles. The molecule has 1 aliphatic heterocycles. The summed E-state index contributed by atoms with van der Waals surface area (Å²) in [6, 6.07) is 16.6. The molecule has 154 valence electrons. The highest BCUT2D eigenvalue weighted by atomic mass is 32.2. The van der Waals surface area contributed by atoms with Crippen LogP contribution in [0.2, 0.25) is 0 Å². The quantitative estimate of drug-likeness (QED) is 0.754. The molecule has 2 aromatic carbocycles. The number of aryl methyl sites for hydroxylation is 1. The second-order valence-electron chi connectivity index (χ2n) is 7.18. The molecule has 2 aromatic rings. The number of carbonyl (C=O) groups is 1. The molecule has 1 aliphatic rings. The maximum Gasteiger partial charge on any atom is 0.238 e. The van der Waals surface area contributed by atoms with Crippen molar-refractivity contribution in [1.82, 2.24) is 9.80 Å². The molecule has 0 aromatic heterocycles. The number of primary sulfonamides is 1. The van der Waals surface area contributed by atoms with E-state index >= 15 is 0 Å². The van der Waals surface area contributed by atoms with Gasteiger partial charge in [0.25, 0.3) is 0 Å². The van der Waals surface area contributed by atoms with Gasteiger partial charge in [-0.3, -0.25) is 9.69 Å². The smallest absolute Gasteiger partial charge is 0.238 e. The third kappa shape index (κ3) is 6.52. The van der Waals surface area contributed by atoms with Gasteiger partial charge in [-0.1, -0.05) is 54.6 Å². The molecule has 0 spiro atoms. The van der Waals surface area contributed by atoms with Crippen LogP contribution >= 0.6 is 0 Å². The summed E-state index contributed by atoms with van der Waals surface area (Å²) in [4.78, 5) is 16.8. The van der Waals surface area contributed by atoms with Crippen molar-refractivity contribution in [2.75, 3.05) is 32.7 Å². The van der Waals surface area contributed by atoms with Crippen LogP contribution in [0.15, 0.2) is 65.6 Å². The van der Waals surface area contributed by atoms with E-state index in [1.807, 2.05) is 23.1 Å². The molecule has 1 fully saturated rings. The van der Waals surface area contributed by atoms with Crippen LogP contribution in [0.1, 0.15) is 17.5 Å². The molecule has 7 heteroatoms. The molecule has 6 nitrogen and oxygen atoms in total. The number of benzene rings is 2. The van der Waals surface area contributed by atoms with Gasteiger partial charge in [-0.2, -0.15) is 0 Å². The van der Waals surface area contributed by atoms with Gasteiger partial charge in [-0.25, -0.2) is 13.6 Å². The molecular formula is C22H27N3O3S. The van der Waals surface area contributed by atoms with Crippen LogP contribution in [-0.4, -0.2) is 56.8 Å². The molecule has 1 amide bonds. The Hall–Kier alpha value is -2.48. The zero-order valence-electron chi connectivity index (χ0n) is 16.4. The van der Waals surface area contributed by atoms with Crippen LogP contribution in [0.25, 0.3) is 6.08 Å². The predicted molar refractivity (Wildman–Crippen MR) is 115 cm³/mol. The minimum Gasteiger partial charge on any atom is -0.340 e. The summed E-state index contributed by atoms with van der Waals surface area (Å²) in [6.45, 7) is 4.10. The second kappa shape index (κ2) is 9.82. The largest absolute Gasteiger partial charge is 0.340 e. The van der Waals surface area contributed by atoms with Gasteiger partial charge in [0, 0.05) is 39.1 Å². The van der Waals surface area contributed by atoms with E-state index in [0.717, 1.165) is 38.3 Å². The summed E-state index contributed by atoms with van der Waals surface area (Å²) in [5.41, 5.74) is 2.12. The molecule has 2 N–H and O–H groups in total. The zero-order valence-corrected chi connectivity index (χ0v) is 17.2. The fraction of sp³-hybridized carbons (Fsp3) is 0.318. The van der Waals surface area contributed by atoms with E-state index in [0.29, 0.717) is 12.8 Å². The Kier molecular flexibility index (Phi) is 7.19. The number of nitrogens with two attached hydrogens (primary N) is 1. The van der Waals surface area contributed by atoms with Gasteiger partial charge >= 0.3 is 0 Å². The molecule has 29 heavy (non-hydrogen) atoms. The Morgan fingerprint density at radius 1 is 0.966 bits per heavy atom. The van der Waals surface area contributed by atoms with Crippen molar-refractivity contribution in [3.8, 4) is 0 Å². The van der Waals surface area contributed by atoms with Gasteiger partial charge in [0.2, 0.25) is 15.9 Å². The Balaban J connectivity index is 1.40. The molecule has 1 heterocycles. The van der Waals surface area contributed by atoms with Gasteiger partial charge in [-0.15, -0.1) is 0 Å². The van der Waals surface area contributed by atoms with Crippen LogP contribution in [0.3, 0.4) is 0 Å². The van der Waals surface area contributed by atoms with Gasteiger partial charge in [0.1, 0.15) is 0 Å². The summed E-state index contributed by atoms with van der Waals surface area (Å²) < 4.78 is 22.6. The SMILES string of the molecule is NS(=O)(=O)c1ccc(CCC(=O)N2CCN(C/C=C/c3ccccc3)CC2)cc1. The van der Waals surface area contributed by atoms with Crippen molar-refractivity contribution in [2.24, 2.45) is 5.14 Å². The average Bonchev–Trinajstić information content (AvgIpc) is 2.73. The maximum atomic E-state index is 12.5. The number of sulfonamides is 1. The minimum atomic E-state index is -3.68. The van der Waals surface area contributed by atoms with Crippen LogP contribution in [0, 0.1) is 0 Å². The highest BCUT2D eigenvalue weighted by Crippen LogP contribution is 2.12. The minimum absolute atomic E-state index is 0.0880. The van der Waals surface area contributed by atoms with E-state index in [1.54, 1.807) is 12.1 Å². The molecule has 3 rings (SSSR count). The van der Waals surface area contributed by atoms with Crippen molar-refractivity contribution in [3.63, 3.8) is 0 Å². The number of amides is 1.